The number of rotatable bonds is 14. The van der Waals surface area contributed by atoms with E-state index in [9.17, 15) is 23.1 Å². The Kier molecular flexibility index (Phi) is 10.5. The van der Waals surface area contributed by atoms with Crippen molar-refractivity contribution < 1.29 is 28.2 Å². The number of nitrogens with zero attached hydrogens (tertiary/aromatic N) is 1. The van der Waals surface area contributed by atoms with Crippen LogP contribution in [0.15, 0.2) is 95.9 Å². The number of hydrogen-bond acceptors (Lipinski definition) is 6. The molecule has 0 bridgehead atoms. The lowest BCUT2D eigenvalue weighted by Gasteiger charge is -2.29. The number of likely N-dealkylation sites (N-methyl/N-ethyl adjacent to an activating group) is 1. The van der Waals surface area contributed by atoms with E-state index in [0.717, 1.165) is 15.3 Å². The summed E-state index contributed by atoms with van der Waals surface area (Å²) < 4.78 is 28.8. The van der Waals surface area contributed by atoms with Crippen LogP contribution < -0.4 is 10.6 Å². The highest BCUT2D eigenvalue weighted by atomic mass is 32.2. The second kappa shape index (κ2) is 14.1. The number of fused-ring (bicyclic) bond motifs is 1. The molecule has 0 radical (unpaired) electrons. The number of sulfonamides is 1. The van der Waals surface area contributed by atoms with Crippen LogP contribution in [0.25, 0.3) is 21.9 Å². The van der Waals surface area contributed by atoms with Gasteiger partial charge < -0.3 is 20.8 Å². The zero-order valence-corrected chi connectivity index (χ0v) is 26.0. The molecule has 1 atom stereocenters. The number of carbonyl (C=O) groups excluding carboxylic acids is 1. The molecule has 232 valence electrons. The third-order valence-corrected chi connectivity index (χ3v) is 9.21. The second-order valence-electron chi connectivity index (χ2n) is 11.6. The third-order valence-electron chi connectivity index (χ3n) is 7.35. The zero-order chi connectivity index (χ0) is 31.9. The number of amides is 1. The summed E-state index contributed by atoms with van der Waals surface area (Å²) in [7, 11) is -2.71. The Hall–Kier alpha value is -4.09. The summed E-state index contributed by atoms with van der Waals surface area (Å²) in [5, 5.41) is 28.1. The number of nitrogens with one attached hydrogen (secondary N) is 2. The van der Waals surface area contributed by atoms with Crippen LogP contribution in [0.3, 0.4) is 0 Å². The van der Waals surface area contributed by atoms with Crippen LogP contribution in [0.5, 0.6) is 0 Å². The van der Waals surface area contributed by atoms with E-state index in [4.69, 9.17) is 5.11 Å². The minimum Gasteiger partial charge on any atom is -0.481 e. The molecular weight excluding hydrogens is 578 g/mol. The van der Waals surface area contributed by atoms with Crippen molar-refractivity contribution in [1.82, 2.24) is 9.62 Å². The Bertz CT molecular complexity index is 1720. The van der Waals surface area contributed by atoms with Gasteiger partial charge >= 0.3 is 5.97 Å². The molecule has 0 heterocycles. The second-order valence-corrected chi connectivity index (χ2v) is 13.6. The molecule has 0 aliphatic rings. The SMILES string of the molecule is CN(C[C@H](O)CNC(C)(C)Cc1ccc2ccccc2c1)S(=O)(=O)c1cc(NC(=O)CCC(=O)O)ccc1-c1ccccc1. The number of carboxylic acids is 1. The van der Waals surface area contributed by atoms with Crippen molar-refractivity contribution in [3.63, 3.8) is 0 Å². The topological polar surface area (TPSA) is 136 Å². The van der Waals surface area contributed by atoms with Gasteiger partial charge in [0.15, 0.2) is 0 Å². The fourth-order valence-electron chi connectivity index (χ4n) is 5.06. The van der Waals surface area contributed by atoms with Crippen molar-refractivity contribution >= 4 is 38.4 Å². The molecule has 0 aliphatic carbocycles. The zero-order valence-electron chi connectivity index (χ0n) is 25.2. The minimum atomic E-state index is -4.12. The summed E-state index contributed by atoms with van der Waals surface area (Å²) >= 11 is 0. The smallest absolute Gasteiger partial charge is 0.303 e. The highest BCUT2D eigenvalue weighted by Crippen LogP contribution is 2.32. The molecule has 0 aliphatic heterocycles. The predicted molar refractivity (Wildman–Crippen MR) is 173 cm³/mol. The number of anilines is 1. The standard InChI is InChI=1S/C34H39N3O6S/c1-34(2,21-24-13-14-25-9-7-8-12-27(25)19-24)35-22-29(38)23-37(3)44(42,43)31-20-28(36-32(39)17-18-33(40)41)15-16-30(31)26-10-5-4-6-11-26/h4-16,19-20,29,35,38H,17-18,21-23H2,1-3H3,(H,36,39)(H,40,41)/t29-/m1/s1. The highest BCUT2D eigenvalue weighted by Gasteiger charge is 2.28. The normalized spacial score (nSPS) is 12.8. The van der Waals surface area contributed by atoms with Gasteiger partial charge in [0.1, 0.15) is 0 Å². The van der Waals surface area contributed by atoms with E-state index in [-0.39, 0.29) is 42.1 Å². The molecule has 0 spiro atoms. The summed E-state index contributed by atoms with van der Waals surface area (Å²) in [5.41, 5.74) is 2.11. The maximum absolute atomic E-state index is 13.9. The van der Waals surface area contributed by atoms with E-state index in [1.165, 1.54) is 18.5 Å². The summed E-state index contributed by atoms with van der Waals surface area (Å²) in [6.45, 7) is 4.09. The Morgan fingerprint density at radius 2 is 1.57 bits per heavy atom. The molecular formula is C34H39N3O6S. The predicted octanol–water partition coefficient (Wildman–Crippen LogP) is 4.90. The molecule has 4 aromatic rings. The summed E-state index contributed by atoms with van der Waals surface area (Å²) in [5.74, 6) is -1.64. The summed E-state index contributed by atoms with van der Waals surface area (Å²) in [6, 6.07) is 28.1. The van der Waals surface area contributed by atoms with Gasteiger partial charge in [-0.15, -0.1) is 0 Å². The number of benzene rings is 4. The van der Waals surface area contributed by atoms with Crippen LogP contribution in [0.1, 0.15) is 32.3 Å². The number of hydrogen-bond donors (Lipinski definition) is 4. The van der Waals surface area contributed by atoms with Crippen molar-refractivity contribution in [2.24, 2.45) is 0 Å². The molecule has 0 saturated carbocycles. The Labute approximate surface area is 258 Å². The number of aliphatic hydroxyl groups excluding tert-OH is 1. The van der Waals surface area contributed by atoms with Gasteiger partial charge in [-0.25, -0.2) is 8.42 Å². The Morgan fingerprint density at radius 1 is 0.886 bits per heavy atom. The van der Waals surface area contributed by atoms with Crippen LogP contribution in [-0.4, -0.2) is 66.6 Å². The average molecular weight is 618 g/mol. The van der Waals surface area contributed by atoms with Crippen molar-refractivity contribution in [1.29, 1.82) is 0 Å². The monoisotopic (exact) mass is 617 g/mol. The average Bonchev–Trinajstić information content (AvgIpc) is 2.99. The van der Waals surface area contributed by atoms with Crippen LogP contribution in [0, 0.1) is 0 Å². The van der Waals surface area contributed by atoms with Crippen LogP contribution in [0.2, 0.25) is 0 Å². The van der Waals surface area contributed by atoms with Gasteiger partial charge in [0.2, 0.25) is 15.9 Å². The van der Waals surface area contributed by atoms with Crippen LogP contribution in [-0.2, 0) is 26.0 Å². The minimum absolute atomic E-state index is 0.0426. The van der Waals surface area contributed by atoms with Crippen LogP contribution >= 0.6 is 0 Å². The largest absolute Gasteiger partial charge is 0.481 e. The van der Waals surface area contributed by atoms with E-state index in [1.54, 1.807) is 36.4 Å². The lowest BCUT2D eigenvalue weighted by atomic mass is 9.93. The molecule has 44 heavy (non-hydrogen) atoms. The molecule has 0 fully saturated rings. The molecule has 0 saturated heterocycles. The van der Waals surface area contributed by atoms with Gasteiger partial charge in [0.25, 0.3) is 0 Å². The van der Waals surface area contributed by atoms with E-state index < -0.39 is 28.0 Å². The Balaban J connectivity index is 1.46. The summed E-state index contributed by atoms with van der Waals surface area (Å²) in [4.78, 5) is 23.1. The first-order chi connectivity index (χ1) is 20.8. The Morgan fingerprint density at radius 3 is 2.27 bits per heavy atom. The molecule has 0 aromatic heterocycles. The van der Waals surface area contributed by atoms with Gasteiger partial charge in [-0.1, -0.05) is 78.9 Å². The molecule has 10 heteroatoms. The molecule has 9 nitrogen and oxygen atoms in total. The number of aliphatic carboxylic acids is 1. The molecule has 1 amide bonds. The van der Waals surface area contributed by atoms with Crippen molar-refractivity contribution in [2.45, 2.75) is 49.6 Å². The maximum Gasteiger partial charge on any atom is 0.303 e. The van der Waals surface area contributed by atoms with Crippen molar-refractivity contribution in [2.75, 3.05) is 25.5 Å². The first kappa shape index (κ1) is 32.8. The van der Waals surface area contributed by atoms with Gasteiger partial charge in [-0.3, -0.25) is 9.59 Å². The van der Waals surface area contributed by atoms with E-state index in [1.807, 2.05) is 32.0 Å². The first-order valence-corrected chi connectivity index (χ1v) is 15.9. The number of carboxylic acid groups (broad SMARTS) is 1. The fourth-order valence-corrected chi connectivity index (χ4v) is 6.50. The van der Waals surface area contributed by atoms with E-state index >= 15 is 0 Å². The lowest BCUT2D eigenvalue weighted by molar-refractivity contribution is -0.138. The number of carbonyl (C=O) groups is 2. The molecule has 0 unspecified atom stereocenters. The molecule has 4 N–H and O–H groups in total. The van der Waals surface area contributed by atoms with Gasteiger partial charge in [0, 0.05) is 43.3 Å². The lowest BCUT2D eigenvalue weighted by Crippen LogP contribution is -2.47. The fraction of sp³-hybridized carbons (Fsp3) is 0.294. The third kappa shape index (κ3) is 8.73. The number of β-amino-alcohol motifs (C(OH)–C–C–N with tert-alkyl or cyclic N) is 1. The van der Waals surface area contributed by atoms with Crippen molar-refractivity contribution in [3.05, 3.63) is 96.6 Å². The molecule has 4 rings (SSSR count). The van der Waals surface area contributed by atoms with E-state index in [2.05, 4.69) is 41.0 Å². The van der Waals surface area contributed by atoms with Gasteiger partial charge in [-0.05, 0) is 54.3 Å². The summed E-state index contributed by atoms with van der Waals surface area (Å²) in [6.07, 6.45) is -0.866. The highest BCUT2D eigenvalue weighted by molar-refractivity contribution is 7.89. The van der Waals surface area contributed by atoms with Gasteiger partial charge in [-0.2, -0.15) is 4.31 Å². The number of aliphatic hydroxyl groups is 1. The van der Waals surface area contributed by atoms with E-state index in [0.29, 0.717) is 17.5 Å². The maximum atomic E-state index is 13.9. The molecule has 4 aromatic carbocycles. The first-order valence-electron chi connectivity index (χ1n) is 14.4. The quantitative estimate of drug-likeness (QED) is 0.158. The van der Waals surface area contributed by atoms with Gasteiger partial charge in [0.05, 0.1) is 17.4 Å². The van der Waals surface area contributed by atoms with Crippen LogP contribution in [0.4, 0.5) is 5.69 Å². The van der Waals surface area contributed by atoms with Crippen molar-refractivity contribution in [3.8, 4) is 11.1 Å².